The monoisotopic (exact) mass is 329 g/mol. The van der Waals surface area contributed by atoms with Crippen LogP contribution in [0.4, 0.5) is 5.69 Å². The summed E-state index contributed by atoms with van der Waals surface area (Å²) in [6.45, 7) is 5.98. The van der Waals surface area contributed by atoms with Crippen molar-refractivity contribution < 1.29 is 4.79 Å². The maximum absolute atomic E-state index is 12.6. The highest BCUT2D eigenvalue weighted by molar-refractivity contribution is 7.21. The summed E-state index contributed by atoms with van der Waals surface area (Å²) in [6.07, 6.45) is 0. The molecule has 1 heterocycles. The number of halogens is 1. The minimum Gasteiger partial charge on any atom is -0.321 e. The van der Waals surface area contributed by atoms with Gasteiger partial charge in [0.1, 0.15) is 4.88 Å². The van der Waals surface area contributed by atoms with Gasteiger partial charge in [-0.05, 0) is 43.5 Å². The predicted octanol–water partition coefficient (Wildman–Crippen LogP) is 5.73. The summed E-state index contributed by atoms with van der Waals surface area (Å²) in [5.41, 5.74) is 4.03. The van der Waals surface area contributed by atoms with Crippen molar-refractivity contribution in [3.8, 4) is 0 Å². The second-order valence-electron chi connectivity index (χ2n) is 5.41. The topological polar surface area (TPSA) is 29.1 Å². The Morgan fingerprint density at radius 3 is 2.23 bits per heavy atom. The zero-order valence-corrected chi connectivity index (χ0v) is 14.2. The van der Waals surface area contributed by atoms with Gasteiger partial charge in [0.25, 0.3) is 5.91 Å². The van der Waals surface area contributed by atoms with Gasteiger partial charge in [-0.15, -0.1) is 11.3 Å². The van der Waals surface area contributed by atoms with E-state index < -0.39 is 0 Å². The number of aryl methyl sites for hydroxylation is 3. The standard InChI is InChI=1S/C18H16ClNOS/c1-10-6-5-9-13-14(10)15(19)17(22-13)18(21)20-16-11(2)7-4-8-12(16)3/h4-9H,1-3H3,(H,20,21). The fourth-order valence-electron chi connectivity index (χ4n) is 2.60. The first-order valence-corrected chi connectivity index (χ1v) is 8.23. The van der Waals surface area contributed by atoms with Crippen LogP contribution in [0.5, 0.6) is 0 Å². The van der Waals surface area contributed by atoms with Crippen molar-refractivity contribution >= 4 is 44.6 Å². The molecule has 1 N–H and O–H groups in total. The van der Waals surface area contributed by atoms with E-state index in [1.165, 1.54) is 11.3 Å². The number of anilines is 1. The molecule has 0 saturated carbocycles. The molecular formula is C18H16ClNOS. The lowest BCUT2D eigenvalue weighted by atomic mass is 10.1. The molecule has 0 aliphatic rings. The number of carbonyl (C=O) groups excluding carboxylic acids is 1. The van der Waals surface area contributed by atoms with Gasteiger partial charge in [0.05, 0.1) is 5.02 Å². The van der Waals surface area contributed by atoms with Crippen molar-refractivity contribution in [1.82, 2.24) is 0 Å². The number of nitrogens with one attached hydrogen (secondary N) is 1. The van der Waals surface area contributed by atoms with Gasteiger partial charge in [-0.2, -0.15) is 0 Å². The first-order valence-electron chi connectivity index (χ1n) is 7.04. The van der Waals surface area contributed by atoms with E-state index in [0.717, 1.165) is 32.5 Å². The maximum Gasteiger partial charge on any atom is 0.267 e. The third kappa shape index (κ3) is 2.51. The van der Waals surface area contributed by atoms with Crippen LogP contribution in [0.15, 0.2) is 36.4 Å². The molecule has 0 saturated heterocycles. The molecular weight excluding hydrogens is 314 g/mol. The molecule has 1 amide bonds. The molecule has 0 atom stereocenters. The van der Waals surface area contributed by atoms with Gasteiger partial charge in [-0.3, -0.25) is 4.79 Å². The highest BCUT2D eigenvalue weighted by atomic mass is 35.5. The Morgan fingerprint density at radius 1 is 1.00 bits per heavy atom. The number of hydrogen-bond donors (Lipinski definition) is 1. The van der Waals surface area contributed by atoms with Crippen LogP contribution in [0.2, 0.25) is 5.02 Å². The van der Waals surface area contributed by atoms with E-state index in [1.807, 2.05) is 57.2 Å². The number of para-hydroxylation sites is 1. The highest BCUT2D eigenvalue weighted by Crippen LogP contribution is 2.37. The number of carbonyl (C=O) groups is 1. The van der Waals surface area contributed by atoms with E-state index in [-0.39, 0.29) is 5.91 Å². The molecule has 3 aromatic rings. The molecule has 4 heteroatoms. The second-order valence-corrected chi connectivity index (χ2v) is 6.84. The SMILES string of the molecule is Cc1cccc(C)c1NC(=O)c1sc2cccc(C)c2c1Cl. The minimum absolute atomic E-state index is 0.150. The fraction of sp³-hybridized carbons (Fsp3) is 0.167. The molecule has 0 aliphatic carbocycles. The second kappa shape index (κ2) is 5.75. The average Bonchev–Trinajstić information content (AvgIpc) is 2.81. The van der Waals surface area contributed by atoms with Crippen molar-refractivity contribution in [2.45, 2.75) is 20.8 Å². The van der Waals surface area contributed by atoms with Crippen LogP contribution in [-0.4, -0.2) is 5.91 Å². The summed E-state index contributed by atoms with van der Waals surface area (Å²) in [6, 6.07) is 11.9. The fourth-order valence-corrected chi connectivity index (χ4v) is 4.18. The smallest absolute Gasteiger partial charge is 0.267 e. The first kappa shape index (κ1) is 15.1. The predicted molar refractivity (Wildman–Crippen MR) is 95.4 cm³/mol. The maximum atomic E-state index is 12.6. The van der Waals surface area contributed by atoms with Crippen LogP contribution in [-0.2, 0) is 0 Å². The molecule has 2 nitrogen and oxygen atoms in total. The Morgan fingerprint density at radius 2 is 1.59 bits per heavy atom. The summed E-state index contributed by atoms with van der Waals surface area (Å²) >= 11 is 7.89. The molecule has 0 unspecified atom stereocenters. The average molecular weight is 330 g/mol. The Labute approximate surface area is 138 Å². The van der Waals surface area contributed by atoms with E-state index >= 15 is 0 Å². The third-order valence-electron chi connectivity index (χ3n) is 3.79. The van der Waals surface area contributed by atoms with Gasteiger partial charge in [0, 0.05) is 15.8 Å². The molecule has 112 valence electrons. The summed E-state index contributed by atoms with van der Waals surface area (Å²) in [4.78, 5) is 13.2. The quantitative estimate of drug-likeness (QED) is 0.639. The summed E-state index contributed by atoms with van der Waals surface area (Å²) < 4.78 is 1.04. The van der Waals surface area contributed by atoms with Crippen molar-refractivity contribution in [1.29, 1.82) is 0 Å². The van der Waals surface area contributed by atoms with Crippen LogP contribution >= 0.6 is 22.9 Å². The van der Waals surface area contributed by atoms with E-state index in [4.69, 9.17) is 11.6 Å². The third-order valence-corrected chi connectivity index (χ3v) is 5.44. The minimum atomic E-state index is -0.150. The van der Waals surface area contributed by atoms with Crippen molar-refractivity contribution in [2.24, 2.45) is 0 Å². The van der Waals surface area contributed by atoms with Crippen LogP contribution in [0.3, 0.4) is 0 Å². The molecule has 3 rings (SSSR count). The summed E-state index contributed by atoms with van der Waals surface area (Å²) in [5.74, 6) is -0.150. The van der Waals surface area contributed by atoms with Crippen LogP contribution < -0.4 is 5.32 Å². The Balaban J connectivity index is 2.03. The molecule has 0 fully saturated rings. The molecule has 0 spiro atoms. The van der Waals surface area contributed by atoms with E-state index in [9.17, 15) is 4.79 Å². The van der Waals surface area contributed by atoms with Crippen molar-refractivity contribution in [2.75, 3.05) is 5.32 Å². The molecule has 2 aromatic carbocycles. The van der Waals surface area contributed by atoms with Gasteiger partial charge >= 0.3 is 0 Å². The number of thiophene rings is 1. The zero-order chi connectivity index (χ0) is 15.9. The van der Waals surface area contributed by atoms with Gasteiger partial charge in [-0.1, -0.05) is 41.9 Å². The Kier molecular flexibility index (Phi) is 3.94. The molecule has 22 heavy (non-hydrogen) atoms. The molecule has 0 aliphatic heterocycles. The van der Waals surface area contributed by atoms with Crippen LogP contribution in [0.25, 0.3) is 10.1 Å². The van der Waals surface area contributed by atoms with E-state index in [0.29, 0.717) is 9.90 Å². The number of benzene rings is 2. The van der Waals surface area contributed by atoms with Gasteiger partial charge < -0.3 is 5.32 Å². The first-order chi connectivity index (χ1) is 10.5. The number of hydrogen-bond acceptors (Lipinski definition) is 2. The van der Waals surface area contributed by atoms with E-state index in [2.05, 4.69) is 5.32 Å². The van der Waals surface area contributed by atoms with Gasteiger partial charge in [-0.25, -0.2) is 0 Å². The molecule has 0 bridgehead atoms. The number of amides is 1. The number of fused-ring (bicyclic) bond motifs is 1. The Bertz CT molecular complexity index is 862. The lowest BCUT2D eigenvalue weighted by Crippen LogP contribution is -2.12. The van der Waals surface area contributed by atoms with Crippen LogP contribution in [0, 0.1) is 20.8 Å². The lowest BCUT2D eigenvalue weighted by Gasteiger charge is -2.10. The molecule has 0 radical (unpaired) electrons. The highest BCUT2D eigenvalue weighted by Gasteiger charge is 2.19. The molecule has 1 aromatic heterocycles. The summed E-state index contributed by atoms with van der Waals surface area (Å²) in [5, 5.41) is 4.52. The van der Waals surface area contributed by atoms with Gasteiger partial charge in [0.15, 0.2) is 0 Å². The Hall–Kier alpha value is -1.84. The largest absolute Gasteiger partial charge is 0.321 e. The van der Waals surface area contributed by atoms with Gasteiger partial charge in [0.2, 0.25) is 0 Å². The summed E-state index contributed by atoms with van der Waals surface area (Å²) in [7, 11) is 0. The lowest BCUT2D eigenvalue weighted by molar-refractivity contribution is 0.103. The normalized spacial score (nSPS) is 10.9. The zero-order valence-electron chi connectivity index (χ0n) is 12.7. The van der Waals surface area contributed by atoms with Crippen LogP contribution in [0.1, 0.15) is 26.4 Å². The van der Waals surface area contributed by atoms with Crippen molar-refractivity contribution in [3.05, 3.63) is 63.0 Å². The number of rotatable bonds is 2. The van der Waals surface area contributed by atoms with E-state index in [1.54, 1.807) is 0 Å². The van der Waals surface area contributed by atoms with Crippen molar-refractivity contribution in [3.63, 3.8) is 0 Å².